The van der Waals surface area contributed by atoms with Crippen LogP contribution in [0.5, 0.6) is 0 Å². The molecule has 1 aliphatic heterocycles. The van der Waals surface area contributed by atoms with Crippen molar-refractivity contribution in [3.63, 3.8) is 0 Å². The molecule has 1 saturated carbocycles. The molecule has 4 heteroatoms. The van der Waals surface area contributed by atoms with Crippen molar-refractivity contribution in [2.45, 2.75) is 37.8 Å². The van der Waals surface area contributed by atoms with Gasteiger partial charge in [-0.05, 0) is 31.4 Å². The molecule has 0 aromatic heterocycles. The first kappa shape index (κ1) is 12.7. The highest BCUT2D eigenvalue weighted by Crippen LogP contribution is 2.29. The maximum atomic E-state index is 8.65. The molecule has 0 bridgehead atoms. The Balaban J connectivity index is 1.44. The minimum atomic E-state index is 0.333. The lowest BCUT2D eigenvalue weighted by Crippen LogP contribution is -2.34. The first-order valence-electron chi connectivity index (χ1n) is 6.56. The molecule has 0 aromatic rings. The third kappa shape index (κ3) is 4.24. The van der Waals surface area contributed by atoms with Crippen molar-refractivity contribution < 1.29 is 5.11 Å². The molecule has 0 spiro atoms. The lowest BCUT2D eigenvalue weighted by Gasteiger charge is -2.15. The normalized spacial score (nSPS) is 26.4. The zero-order valence-electron chi connectivity index (χ0n) is 10.0. The maximum absolute atomic E-state index is 8.65. The summed E-state index contributed by atoms with van der Waals surface area (Å²) in [7, 11) is 0. The number of nitrogens with one attached hydrogen (secondary N) is 1. The van der Waals surface area contributed by atoms with E-state index in [1.54, 1.807) is 0 Å². The molecule has 2 aliphatic rings. The second-order valence-corrected chi connectivity index (χ2v) is 6.08. The first-order chi connectivity index (χ1) is 7.90. The molecular formula is C12H24N2OS. The van der Waals surface area contributed by atoms with Crippen LogP contribution in [0.4, 0.5) is 0 Å². The molecule has 2 rings (SSSR count). The van der Waals surface area contributed by atoms with Crippen LogP contribution < -0.4 is 5.32 Å². The molecule has 1 saturated heterocycles. The number of hydrogen-bond acceptors (Lipinski definition) is 4. The summed E-state index contributed by atoms with van der Waals surface area (Å²) < 4.78 is 0. The highest BCUT2D eigenvalue weighted by atomic mass is 32.2. The van der Waals surface area contributed by atoms with Crippen LogP contribution in [0, 0.1) is 0 Å². The fraction of sp³-hybridized carbons (Fsp3) is 1.00. The largest absolute Gasteiger partial charge is 0.396 e. The van der Waals surface area contributed by atoms with Gasteiger partial charge >= 0.3 is 0 Å². The predicted octanol–water partition coefficient (Wildman–Crippen LogP) is 0.928. The van der Waals surface area contributed by atoms with Gasteiger partial charge in [0.1, 0.15) is 0 Å². The van der Waals surface area contributed by atoms with E-state index >= 15 is 0 Å². The van der Waals surface area contributed by atoms with Crippen LogP contribution in [-0.2, 0) is 0 Å². The monoisotopic (exact) mass is 244 g/mol. The van der Waals surface area contributed by atoms with E-state index in [0.29, 0.717) is 6.61 Å². The van der Waals surface area contributed by atoms with Gasteiger partial charge in [0.2, 0.25) is 0 Å². The van der Waals surface area contributed by atoms with Crippen molar-refractivity contribution in [2.24, 2.45) is 0 Å². The standard InChI is InChI=1S/C12H24N2OS/c15-7-1-8-16-9-5-13-11-4-6-14(10-11)12-2-3-12/h11-13,15H,1-10H2. The molecule has 2 fully saturated rings. The van der Waals surface area contributed by atoms with Crippen LogP contribution in [0.25, 0.3) is 0 Å². The summed E-state index contributed by atoms with van der Waals surface area (Å²) in [4.78, 5) is 2.65. The minimum absolute atomic E-state index is 0.333. The van der Waals surface area contributed by atoms with Crippen LogP contribution in [0.1, 0.15) is 25.7 Å². The number of aliphatic hydroxyl groups excluding tert-OH is 1. The molecule has 3 nitrogen and oxygen atoms in total. The van der Waals surface area contributed by atoms with Gasteiger partial charge in [-0.2, -0.15) is 11.8 Å². The first-order valence-corrected chi connectivity index (χ1v) is 7.71. The number of aliphatic hydroxyl groups is 1. The van der Waals surface area contributed by atoms with Crippen LogP contribution in [0.2, 0.25) is 0 Å². The van der Waals surface area contributed by atoms with Crippen LogP contribution >= 0.6 is 11.8 Å². The Labute approximate surface area is 103 Å². The van der Waals surface area contributed by atoms with Gasteiger partial charge in [-0.3, -0.25) is 4.90 Å². The van der Waals surface area contributed by atoms with E-state index in [-0.39, 0.29) is 0 Å². The predicted molar refractivity (Wildman–Crippen MR) is 70.0 cm³/mol. The van der Waals surface area contributed by atoms with Gasteiger partial charge in [0.15, 0.2) is 0 Å². The molecule has 16 heavy (non-hydrogen) atoms. The van der Waals surface area contributed by atoms with Crippen molar-refractivity contribution in [1.29, 1.82) is 0 Å². The second-order valence-electron chi connectivity index (χ2n) is 4.86. The number of hydrogen-bond donors (Lipinski definition) is 2. The zero-order chi connectivity index (χ0) is 11.2. The molecule has 0 radical (unpaired) electrons. The summed E-state index contributed by atoms with van der Waals surface area (Å²) in [5.41, 5.74) is 0. The number of likely N-dealkylation sites (tertiary alicyclic amines) is 1. The summed E-state index contributed by atoms with van der Waals surface area (Å²) in [6, 6.07) is 1.67. The molecular weight excluding hydrogens is 220 g/mol. The van der Waals surface area contributed by atoms with Crippen molar-refractivity contribution in [3.8, 4) is 0 Å². The van der Waals surface area contributed by atoms with E-state index in [1.165, 1.54) is 38.1 Å². The molecule has 1 atom stereocenters. The van der Waals surface area contributed by atoms with Gasteiger partial charge in [-0.1, -0.05) is 0 Å². The average molecular weight is 244 g/mol. The summed E-state index contributed by atoms with van der Waals surface area (Å²) in [5, 5.41) is 12.3. The fourth-order valence-electron chi connectivity index (χ4n) is 2.33. The minimum Gasteiger partial charge on any atom is -0.396 e. The van der Waals surface area contributed by atoms with E-state index in [2.05, 4.69) is 10.2 Å². The Hall–Kier alpha value is 0.230. The Morgan fingerprint density at radius 1 is 1.25 bits per heavy atom. The lowest BCUT2D eigenvalue weighted by atomic mass is 10.3. The highest BCUT2D eigenvalue weighted by molar-refractivity contribution is 7.99. The van der Waals surface area contributed by atoms with Gasteiger partial charge in [0.25, 0.3) is 0 Å². The topological polar surface area (TPSA) is 35.5 Å². The third-order valence-corrected chi connectivity index (χ3v) is 4.48. The molecule has 1 heterocycles. The lowest BCUT2D eigenvalue weighted by molar-refractivity contribution is 0.296. The molecule has 2 N–H and O–H groups in total. The van der Waals surface area contributed by atoms with Gasteiger partial charge in [-0.15, -0.1) is 0 Å². The summed E-state index contributed by atoms with van der Waals surface area (Å²) in [5.74, 6) is 2.27. The highest BCUT2D eigenvalue weighted by Gasteiger charge is 2.33. The summed E-state index contributed by atoms with van der Waals surface area (Å²) in [6.07, 6.45) is 5.13. The Morgan fingerprint density at radius 2 is 2.12 bits per heavy atom. The summed E-state index contributed by atoms with van der Waals surface area (Å²) in [6.45, 7) is 4.03. The van der Waals surface area contributed by atoms with Crippen molar-refractivity contribution >= 4 is 11.8 Å². The van der Waals surface area contributed by atoms with Crippen molar-refractivity contribution in [3.05, 3.63) is 0 Å². The van der Waals surface area contributed by atoms with Gasteiger partial charge < -0.3 is 10.4 Å². The molecule has 1 aliphatic carbocycles. The number of nitrogens with zero attached hydrogens (tertiary/aromatic N) is 1. The van der Waals surface area contributed by atoms with E-state index in [9.17, 15) is 0 Å². The van der Waals surface area contributed by atoms with Gasteiger partial charge in [0.05, 0.1) is 0 Å². The Bertz CT molecular complexity index is 199. The summed E-state index contributed by atoms with van der Waals surface area (Å²) >= 11 is 1.94. The quantitative estimate of drug-likeness (QED) is 0.623. The number of rotatable bonds is 8. The van der Waals surface area contributed by atoms with E-state index in [1.807, 2.05) is 11.8 Å². The van der Waals surface area contributed by atoms with Gasteiger partial charge in [-0.25, -0.2) is 0 Å². The fourth-order valence-corrected chi connectivity index (χ4v) is 3.13. The van der Waals surface area contributed by atoms with E-state index in [4.69, 9.17) is 5.11 Å². The second kappa shape index (κ2) is 6.84. The molecule has 0 aromatic carbocycles. The molecule has 94 valence electrons. The Kier molecular flexibility index (Phi) is 5.42. The molecule has 0 amide bonds. The Morgan fingerprint density at radius 3 is 2.88 bits per heavy atom. The van der Waals surface area contributed by atoms with E-state index in [0.717, 1.165) is 30.8 Å². The van der Waals surface area contributed by atoms with Crippen LogP contribution in [0.3, 0.4) is 0 Å². The third-order valence-electron chi connectivity index (χ3n) is 3.41. The van der Waals surface area contributed by atoms with Crippen LogP contribution in [0.15, 0.2) is 0 Å². The van der Waals surface area contributed by atoms with Crippen molar-refractivity contribution in [1.82, 2.24) is 10.2 Å². The molecule has 1 unspecified atom stereocenters. The SMILES string of the molecule is OCCCSCCNC1CCN(C2CC2)C1. The van der Waals surface area contributed by atoms with Crippen molar-refractivity contribution in [2.75, 3.05) is 37.7 Å². The number of thioether (sulfide) groups is 1. The van der Waals surface area contributed by atoms with E-state index < -0.39 is 0 Å². The average Bonchev–Trinajstić information content (AvgIpc) is 3.04. The maximum Gasteiger partial charge on any atom is 0.0438 e. The smallest absolute Gasteiger partial charge is 0.0438 e. The van der Waals surface area contributed by atoms with Gasteiger partial charge in [0, 0.05) is 44.1 Å². The zero-order valence-corrected chi connectivity index (χ0v) is 10.8. The van der Waals surface area contributed by atoms with Crippen LogP contribution in [-0.4, -0.2) is 59.8 Å².